The molecule has 4 nitrogen and oxygen atoms in total. The number of rotatable bonds is 6. The van der Waals surface area contributed by atoms with Gasteiger partial charge >= 0.3 is 0 Å². The molecule has 20 heavy (non-hydrogen) atoms. The SMILES string of the molecule is OC(Cc1nc(CSc2ccc(Cl)cc2)no1)C1CC1. The smallest absolute Gasteiger partial charge is 0.229 e. The minimum atomic E-state index is -0.341. The second-order valence-corrected chi connectivity index (χ2v) is 6.44. The van der Waals surface area contributed by atoms with Gasteiger partial charge in [0.25, 0.3) is 0 Å². The summed E-state index contributed by atoms with van der Waals surface area (Å²) in [7, 11) is 0. The van der Waals surface area contributed by atoms with Gasteiger partial charge in [0, 0.05) is 9.92 Å². The molecular weight excluding hydrogens is 296 g/mol. The zero-order valence-corrected chi connectivity index (χ0v) is 12.4. The van der Waals surface area contributed by atoms with Crippen molar-refractivity contribution in [1.29, 1.82) is 0 Å². The van der Waals surface area contributed by atoms with Crippen LogP contribution in [-0.4, -0.2) is 21.4 Å². The normalized spacial score (nSPS) is 16.3. The van der Waals surface area contributed by atoms with E-state index in [0.29, 0.717) is 29.8 Å². The number of hydrogen-bond acceptors (Lipinski definition) is 5. The Morgan fingerprint density at radius 2 is 2.10 bits per heavy atom. The quantitative estimate of drug-likeness (QED) is 0.829. The maximum Gasteiger partial charge on any atom is 0.229 e. The summed E-state index contributed by atoms with van der Waals surface area (Å²) in [4.78, 5) is 5.42. The van der Waals surface area contributed by atoms with Crippen LogP contribution in [0.15, 0.2) is 33.7 Å². The third-order valence-corrected chi connectivity index (χ3v) is 4.50. The van der Waals surface area contributed by atoms with Gasteiger partial charge in [0.1, 0.15) is 0 Å². The van der Waals surface area contributed by atoms with Crippen molar-refractivity contribution in [3.63, 3.8) is 0 Å². The van der Waals surface area contributed by atoms with Gasteiger partial charge in [-0.2, -0.15) is 4.98 Å². The summed E-state index contributed by atoms with van der Waals surface area (Å²) in [5, 5.41) is 14.5. The molecule has 1 aliphatic rings. The van der Waals surface area contributed by atoms with Crippen LogP contribution < -0.4 is 0 Å². The summed E-state index contributed by atoms with van der Waals surface area (Å²) < 4.78 is 5.17. The second kappa shape index (κ2) is 6.16. The highest BCUT2D eigenvalue weighted by Crippen LogP contribution is 2.33. The molecule has 1 unspecified atom stereocenters. The molecule has 0 amide bonds. The van der Waals surface area contributed by atoms with Crippen LogP contribution in [0.2, 0.25) is 5.02 Å². The molecule has 0 bridgehead atoms. The van der Waals surface area contributed by atoms with Crippen molar-refractivity contribution in [2.45, 2.75) is 36.0 Å². The average Bonchev–Trinajstić information content (AvgIpc) is 3.20. The van der Waals surface area contributed by atoms with Gasteiger partial charge in [-0.15, -0.1) is 11.8 Å². The lowest BCUT2D eigenvalue weighted by molar-refractivity contribution is 0.140. The largest absolute Gasteiger partial charge is 0.392 e. The molecule has 1 aliphatic carbocycles. The zero-order chi connectivity index (χ0) is 13.9. The molecule has 0 radical (unpaired) electrons. The van der Waals surface area contributed by atoms with E-state index in [4.69, 9.17) is 16.1 Å². The molecule has 1 fully saturated rings. The molecule has 0 aliphatic heterocycles. The molecule has 1 aromatic carbocycles. The van der Waals surface area contributed by atoms with E-state index in [-0.39, 0.29) is 6.10 Å². The van der Waals surface area contributed by atoms with Gasteiger partial charge in [-0.3, -0.25) is 0 Å². The number of hydrogen-bond donors (Lipinski definition) is 1. The van der Waals surface area contributed by atoms with E-state index in [1.165, 1.54) is 0 Å². The van der Waals surface area contributed by atoms with E-state index in [1.807, 2.05) is 24.3 Å². The highest BCUT2D eigenvalue weighted by Gasteiger charge is 2.30. The first kappa shape index (κ1) is 13.9. The van der Waals surface area contributed by atoms with Crippen molar-refractivity contribution < 1.29 is 9.63 Å². The number of halogens is 1. The van der Waals surface area contributed by atoms with E-state index in [2.05, 4.69) is 10.1 Å². The third-order valence-electron chi connectivity index (χ3n) is 3.24. The topological polar surface area (TPSA) is 59.2 Å². The Morgan fingerprint density at radius 3 is 2.80 bits per heavy atom. The lowest BCUT2D eigenvalue weighted by Crippen LogP contribution is -2.12. The standard InChI is InChI=1S/C14H15ClN2O2S/c15-10-3-5-11(6-4-10)20-8-13-16-14(19-17-13)7-12(18)9-1-2-9/h3-6,9,12,18H,1-2,7-8H2. The van der Waals surface area contributed by atoms with Crippen molar-refractivity contribution in [2.24, 2.45) is 5.92 Å². The van der Waals surface area contributed by atoms with Gasteiger partial charge in [-0.05, 0) is 43.0 Å². The minimum Gasteiger partial charge on any atom is -0.392 e. The molecule has 1 N–H and O–H groups in total. The molecule has 3 rings (SSSR count). The monoisotopic (exact) mass is 310 g/mol. The van der Waals surface area contributed by atoms with Crippen LogP contribution in [-0.2, 0) is 12.2 Å². The Kier molecular flexibility index (Phi) is 4.29. The van der Waals surface area contributed by atoms with Crippen molar-refractivity contribution in [1.82, 2.24) is 10.1 Å². The average molecular weight is 311 g/mol. The fourth-order valence-corrected chi connectivity index (χ4v) is 2.80. The van der Waals surface area contributed by atoms with Crippen molar-refractivity contribution in [3.8, 4) is 0 Å². The maximum atomic E-state index is 9.84. The molecule has 1 saturated carbocycles. The van der Waals surface area contributed by atoms with Gasteiger partial charge in [0.15, 0.2) is 5.82 Å². The van der Waals surface area contributed by atoms with Gasteiger partial charge in [-0.25, -0.2) is 0 Å². The first-order valence-corrected chi connectivity index (χ1v) is 7.95. The van der Waals surface area contributed by atoms with Crippen molar-refractivity contribution in [2.75, 3.05) is 0 Å². The van der Waals surface area contributed by atoms with Crippen LogP contribution in [0.1, 0.15) is 24.6 Å². The van der Waals surface area contributed by atoms with Crippen LogP contribution in [0, 0.1) is 5.92 Å². The van der Waals surface area contributed by atoms with E-state index >= 15 is 0 Å². The highest BCUT2D eigenvalue weighted by atomic mass is 35.5. The van der Waals surface area contributed by atoms with Gasteiger partial charge in [-0.1, -0.05) is 16.8 Å². The van der Waals surface area contributed by atoms with E-state index < -0.39 is 0 Å². The predicted molar refractivity (Wildman–Crippen MR) is 77.7 cm³/mol. The van der Waals surface area contributed by atoms with E-state index in [1.54, 1.807) is 11.8 Å². The summed E-state index contributed by atoms with van der Waals surface area (Å²) in [5.74, 6) is 2.25. The fraction of sp³-hybridized carbons (Fsp3) is 0.429. The maximum absolute atomic E-state index is 9.84. The summed E-state index contributed by atoms with van der Waals surface area (Å²) in [5.41, 5.74) is 0. The molecule has 1 aromatic heterocycles. The number of aliphatic hydroxyl groups is 1. The Bertz CT molecular complexity index is 569. The molecular formula is C14H15ClN2O2S. The predicted octanol–water partition coefficient (Wildman–Crippen LogP) is 3.33. The first-order chi connectivity index (χ1) is 9.70. The summed E-state index contributed by atoms with van der Waals surface area (Å²) in [6.07, 6.45) is 2.33. The Hall–Kier alpha value is -1.04. The van der Waals surface area contributed by atoms with Crippen LogP contribution in [0.3, 0.4) is 0 Å². The molecule has 6 heteroatoms. The molecule has 0 spiro atoms. The van der Waals surface area contributed by atoms with Gasteiger partial charge in [0.05, 0.1) is 18.3 Å². The van der Waals surface area contributed by atoms with Gasteiger partial charge in [0.2, 0.25) is 5.89 Å². The fourth-order valence-electron chi connectivity index (χ4n) is 1.94. The lowest BCUT2D eigenvalue weighted by atomic mass is 10.2. The van der Waals surface area contributed by atoms with Crippen LogP contribution in [0.4, 0.5) is 0 Å². The second-order valence-electron chi connectivity index (χ2n) is 4.96. The summed E-state index contributed by atoms with van der Waals surface area (Å²) in [6.45, 7) is 0. The van der Waals surface area contributed by atoms with Crippen molar-refractivity contribution in [3.05, 3.63) is 41.0 Å². The Labute approximate surface area is 126 Å². The van der Waals surface area contributed by atoms with Crippen molar-refractivity contribution >= 4 is 23.4 Å². The molecule has 0 saturated heterocycles. The van der Waals surface area contributed by atoms with Gasteiger partial charge < -0.3 is 9.63 Å². The number of benzene rings is 1. The third kappa shape index (κ3) is 3.75. The number of thioether (sulfide) groups is 1. The highest BCUT2D eigenvalue weighted by molar-refractivity contribution is 7.98. The zero-order valence-electron chi connectivity index (χ0n) is 10.8. The number of nitrogens with zero attached hydrogens (tertiary/aromatic N) is 2. The van der Waals surface area contributed by atoms with Crippen LogP contribution in [0.25, 0.3) is 0 Å². The van der Waals surface area contributed by atoms with E-state index in [0.717, 1.165) is 22.8 Å². The minimum absolute atomic E-state index is 0.341. The molecule has 1 atom stereocenters. The first-order valence-electron chi connectivity index (χ1n) is 6.58. The Balaban J connectivity index is 1.52. The summed E-state index contributed by atoms with van der Waals surface area (Å²) >= 11 is 7.47. The number of aliphatic hydroxyl groups excluding tert-OH is 1. The summed E-state index contributed by atoms with van der Waals surface area (Å²) in [6, 6.07) is 7.64. The Morgan fingerprint density at radius 1 is 1.35 bits per heavy atom. The van der Waals surface area contributed by atoms with E-state index in [9.17, 15) is 5.11 Å². The molecule has 2 aromatic rings. The number of aromatic nitrogens is 2. The van der Waals surface area contributed by atoms with Crippen LogP contribution in [0.5, 0.6) is 0 Å². The molecule has 1 heterocycles. The molecule has 106 valence electrons. The van der Waals surface area contributed by atoms with Crippen LogP contribution >= 0.6 is 23.4 Å². The lowest BCUT2D eigenvalue weighted by Gasteiger charge is -2.03.